The Morgan fingerprint density at radius 2 is 1.79 bits per heavy atom. The quantitative estimate of drug-likeness (QED) is 0.164. The smallest absolute Gasteiger partial charge is 0.339 e. The predicted octanol–water partition coefficient (Wildman–Crippen LogP) is 9.02. The van der Waals surface area contributed by atoms with Crippen LogP contribution >= 0.6 is 34.3 Å². The maximum absolute atomic E-state index is 13.4. The van der Waals surface area contributed by atoms with E-state index >= 15 is 0 Å². The van der Waals surface area contributed by atoms with Gasteiger partial charge in [0, 0.05) is 39.5 Å². The zero-order chi connectivity index (χ0) is 30.5. The van der Waals surface area contributed by atoms with Gasteiger partial charge in [-0.1, -0.05) is 29.8 Å². The number of aromatic nitrogens is 4. The summed E-state index contributed by atoms with van der Waals surface area (Å²) in [4.78, 5) is 23.4. The van der Waals surface area contributed by atoms with Crippen LogP contribution < -0.4 is 0 Å². The van der Waals surface area contributed by atoms with Crippen LogP contribution in [0.25, 0.3) is 53.5 Å². The fourth-order valence-corrected chi connectivity index (χ4v) is 7.28. The highest BCUT2D eigenvalue weighted by atomic mass is 35.5. The third-order valence-electron chi connectivity index (χ3n) is 7.02. The van der Waals surface area contributed by atoms with Gasteiger partial charge in [0.2, 0.25) is 0 Å². The third kappa shape index (κ3) is 5.82. The van der Waals surface area contributed by atoms with Crippen molar-refractivity contribution in [3.63, 3.8) is 0 Å². The van der Waals surface area contributed by atoms with Crippen LogP contribution in [-0.2, 0) is 21.3 Å². The number of benzene rings is 3. The molecule has 0 aliphatic heterocycles. The minimum absolute atomic E-state index is 0.255. The van der Waals surface area contributed by atoms with Gasteiger partial charge in [0.25, 0.3) is 0 Å². The van der Waals surface area contributed by atoms with Gasteiger partial charge in [0.15, 0.2) is 16.1 Å². The lowest BCUT2D eigenvalue weighted by molar-refractivity contribution is -0.166. The summed E-state index contributed by atoms with van der Waals surface area (Å²) in [5.74, 6) is -0.421. The van der Waals surface area contributed by atoms with Crippen molar-refractivity contribution in [3.8, 4) is 32.4 Å². The number of carbonyl (C=O) groups excluding carboxylic acids is 1. The zero-order valence-electron chi connectivity index (χ0n) is 24.8. The van der Waals surface area contributed by atoms with Crippen LogP contribution in [-0.4, -0.2) is 37.9 Å². The number of fused-ring (bicyclic) bond motifs is 2. The molecule has 0 saturated heterocycles. The molecule has 6 rings (SSSR count). The van der Waals surface area contributed by atoms with Gasteiger partial charge in [-0.25, -0.2) is 14.8 Å². The standard InChI is InChI=1S/C33H31ClN4O3S2/c1-7-40-32(39)28(41-33(3,4)5)26-18(2)14-23-29(27(26)19-8-11-22(34)12-9-19)43-31(36-23)30-37-24(17-42-30)20-10-13-25-21(15-20)16-35-38(25)6/h8-17,28H,7H2,1-6H3. The van der Waals surface area contributed by atoms with Crippen molar-refractivity contribution in [2.24, 2.45) is 7.05 Å². The Morgan fingerprint density at radius 3 is 2.51 bits per heavy atom. The second-order valence-electron chi connectivity index (χ2n) is 11.3. The molecule has 0 aliphatic rings. The van der Waals surface area contributed by atoms with Gasteiger partial charge < -0.3 is 9.47 Å². The van der Waals surface area contributed by atoms with E-state index in [4.69, 9.17) is 31.0 Å². The highest BCUT2D eigenvalue weighted by Crippen LogP contribution is 2.45. The highest BCUT2D eigenvalue weighted by Gasteiger charge is 2.33. The van der Waals surface area contributed by atoms with Gasteiger partial charge in [-0.3, -0.25) is 4.68 Å². The van der Waals surface area contributed by atoms with Crippen molar-refractivity contribution in [2.75, 3.05) is 6.61 Å². The van der Waals surface area contributed by atoms with Crippen molar-refractivity contribution < 1.29 is 14.3 Å². The SMILES string of the molecule is CCOC(=O)C(OC(C)(C)C)c1c(C)cc2nc(-c3nc(-c4ccc5c(cnn5C)c4)cs3)sc2c1-c1ccc(Cl)cc1. The molecule has 1 unspecified atom stereocenters. The van der Waals surface area contributed by atoms with Crippen molar-refractivity contribution in [1.82, 2.24) is 19.7 Å². The summed E-state index contributed by atoms with van der Waals surface area (Å²) in [6, 6.07) is 15.9. The molecule has 1 atom stereocenters. The molecule has 0 spiro atoms. The van der Waals surface area contributed by atoms with E-state index in [1.165, 1.54) is 0 Å². The summed E-state index contributed by atoms with van der Waals surface area (Å²) in [6.45, 7) is 9.85. The molecule has 0 bridgehead atoms. The van der Waals surface area contributed by atoms with Gasteiger partial charge in [0.05, 0.1) is 39.8 Å². The maximum atomic E-state index is 13.4. The van der Waals surface area contributed by atoms with Gasteiger partial charge >= 0.3 is 5.97 Å². The average Bonchev–Trinajstić information content (AvgIpc) is 3.70. The van der Waals surface area contributed by atoms with Crippen LogP contribution in [0.15, 0.2) is 60.1 Å². The first-order chi connectivity index (χ1) is 20.5. The van der Waals surface area contributed by atoms with Gasteiger partial charge in [-0.05, 0) is 76.1 Å². The van der Waals surface area contributed by atoms with Crippen molar-refractivity contribution in [3.05, 3.63) is 76.3 Å². The lowest BCUT2D eigenvalue weighted by Gasteiger charge is -2.29. The Labute approximate surface area is 263 Å². The summed E-state index contributed by atoms with van der Waals surface area (Å²) in [7, 11) is 1.94. The number of halogens is 1. The monoisotopic (exact) mass is 630 g/mol. The molecule has 3 aromatic heterocycles. The summed E-state index contributed by atoms with van der Waals surface area (Å²) >= 11 is 9.40. The number of thiazole rings is 2. The Morgan fingerprint density at radius 1 is 1.05 bits per heavy atom. The van der Waals surface area contributed by atoms with E-state index in [1.54, 1.807) is 29.6 Å². The number of hydrogen-bond donors (Lipinski definition) is 0. The summed E-state index contributed by atoms with van der Waals surface area (Å²) in [6.07, 6.45) is 0.944. The normalized spacial score (nSPS) is 12.7. The minimum atomic E-state index is -0.922. The Balaban J connectivity index is 1.51. The lowest BCUT2D eigenvalue weighted by atomic mass is 9.91. The maximum Gasteiger partial charge on any atom is 0.339 e. The molecule has 7 nitrogen and oxygen atoms in total. The molecule has 0 N–H and O–H groups in total. The largest absolute Gasteiger partial charge is 0.464 e. The van der Waals surface area contributed by atoms with Crippen LogP contribution in [0.1, 0.15) is 44.9 Å². The molecule has 0 saturated carbocycles. The molecule has 0 amide bonds. The number of nitrogens with zero attached hydrogens (tertiary/aromatic N) is 4. The molecule has 10 heteroatoms. The average molecular weight is 631 g/mol. The summed E-state index contributed by atoms with van der Waals surface area (Å²) in [5.41, 5.74) is 6.69. The molecule has 0 radical (unpaired) electrons. The van der Waals surface area contributed by atoms with E-state index in [9.17, 15) is 4.79 Å². The number of hydrogen-bond acceptors (Lipinski definition) is 8. The highest BCUT2D eigenvalue weighted by molar-refractivity contribution is 7.25. The number of esters is 1. The zero-order valence-corrected chi connectivity index (χ0v) is 27.2. The number of rotatable bonds is 7. The molecule has 3 aromatic carbocycles. The van der Waals surface area contributed by atoms with Crippen molar-refractivity contribution in [2.45, 2.75) is 46.3 Å². The molecular formula is C33H31ClN4O3S2. The number of carbonyl (C=O) groups is 1. The first kappa shape index (κ1) is 29.4. The van der Waals surface area contributed by atoms with E-state index in [0.717, 1.165) is 64.6 Å². The Hall–Kier alpha value is -3.63. The first-order valence-corrected chi connectivity index (χ1v) is 16.0. The van der Waals surface area contributed by atoms with Crippen LogP contribution in [0.2, 0.25) is 5.02 Å². The van der Waals surface area contributed by atoms with E-state index < -0.39 is 17.7 Å². The van der Waals surface area contributed by atoms with Gasteiger partial charge in [0.1, 0.15) is 0 Å². The van der Waals surface area contributed by atoms with Crippen LogP contribution in [0, 0.1) is 6.92 Å². The van der Waals surface area contributed by atoms with Crippen molar-refractivity contribution in [1.29, 1.82) is 0 Å². The van der Waals surface area contributed by atoms with E-state index in [2.05, 4.69) is 28.7 Å². The Bertz CT molecular complexity index is 1970. The second-order valence-corrected chi connectivity index (χ2v) is 13.6. The topological polar surface area (TPSA) is 79.1 Å². The van der Waals surface area contributed by atoms with E-state index in [1.807, 2.05) is 76.0 Å². The fraction of sp³-hybridized carbons (Fsp3) is 0.273. The molecule has 3 heterocycles. The predicted molar refractivity (Wildman–Crippen MR) is 176 cm³/mol. The van der Waals surface area contributed by atoms with Crippen LogP contribution in [0.5, 0.6) is 0 Å². The minimum Gasteiger partial charge on any atom is -0.464 e. The van der Waals surface area contributed by atoms with Crippen LogP contribution in [0.4, 0.5) is 0 Å². The van der Waals surface area contributed by atoms with Crippen molar-refractivity contribution >= 4 is 61.4 Å². The first-order valence-electron chi connectivity index (χ1n) is 13.9. The van der Waals surface area contributed by atoms with E-state index in [0.29, 0.717) is 5.02 Å². The van der Waals surface area contributed by atoms with Crippen LogP contribution in [0.3, 0.4) is 0 Å². The lowest BCUT2D eigenvalue weighted by Crippen LogP contribution is -2.29. The summed E-state index contributed by atoms with van der Waals surface area (Å²) < 4.78 is 14.7. The molecule has 0 fully saturated rings. The van der Waals surface area contributed by atoms with E-state index in [-0.39, 0.29) is 6.61 Å². The molecule has 43 heavy (non-hydrogen) atoms. The molecule has 220 valence electrons. The third-order valence-corrected chi connectivity index (χ3v) is 9.35. The Kier molecular flexibility index (Phi) is 7.85. The van der Waals surface area contributed by atoms with Gasteiger partial charge in [-0.15, -0.1) is 22.7 Å². The second kappa shape index (κ2) is 11.5. The number of aryl methyl sites for hydroxylation is 2. The fourth-order valence-electron chi connectivity index (χ4n) is 5.17. The van der Waals surface area contributed by atoms with Gasteiger partial charge in [-0.2, -0.15) is 5.10 Å². The molecule has 6 aromatic rings. The molecular weight excluding hydrogens is 600 g/mol. The molecule has 0 aliphatic carbocycles. The summed E-state index contributed by atoms with van der Waals surface area (Å²) in [5, 5.41) is 9.76. The number of ether oxygens (including phenoxy) is 2.